The molecule has 0 aromatic heterocycles. The molecule has 2 aromatic carbocycles. The third-order valence-electron chi connectivity index (χ3n) is 3.56. The van der Waals surface area contributed by atoms with Crippen LogP contribution in [0, 0.1) is 13.8 Å². The number of aryl methyl sites for hydroxylation is 2. The van der Waals surface area contributed by atoms with Gasteiger partial charge in [-0.15, -0.1) is 0 Å². The second-order valence-electron chi connectivity index (χ2n) is 5.67. The predicted octanol–water partition coefficient (Wildman–Crippen LogP) is 3.98. The zero-order valence-electron chi connectivity index (χ0n) is 12.9. The van der Waals surface area contributed by atoms with Crippen molar-refractivity contribution < 1.29 is 0 Å². The fourth-order valence-electron chi connectivity index (χ4n) is 2.28. The Kier molecular flexibility index (Phi) is 4.80. The Morgan fingerprint density at radius 1 is 0.950 bits per heavy atom. The number of para-hydroxylation sites is 1. The molecule has 2 rings (SSSR count). The normalized spacial score (nSPS) is 10.8. The summed E-state index contributed by atoms with van der Waals surface area (Å²) >= 11 is 0. The molecule has 0 atom stereocenters. The fraction of sp³-hybridized carbons (Fsp3) is 0.333. The molecule has 2 nitrogen and oxygen atoms in total. The molecule has 106 valence electrons. The number of hydrogen-bond acceptors (Lipinski definition) is 2. The smallest absolute Gasteiger partial charge is 0.0400 e. The van der Waals surface area contributed by atoms with Gasteiger partial charge in [0.2, 0.25) is 0 Å². The quantitative estimate of drug-likeness (QED) is 0.882. The van der Waals surface area contributed by atoms with E-state index in [1.807, 2.05) is 0 Å². The minimum absolute atomic E-state index is 0.867. The SMILES string of the molecule is Cc1ccc(CNc2ccccc2CN(C)C)cc1C. The number of anilines is 1. The fourth-order valence-corrected chi connectivity index (χ4v) is 2.28. The zero-order chi connectivity index (χ0) is 14.5. The lowest BCUT2D eigenvalue weighted by Gasteiger charge is -2.16. The standard InChI is InChI=1S/C18H24N2/c1-14-9-10-16(11-15(14)2)12-19-18-8-6-5-7-17(18)13-20(3)4/h5-11,19H,12-13H2,1-4H3. The summed E-state index contributed by atoms with van der Waals surface area (Å²) in [5, 5.41) is 3.55. The first-order valence-electron chi connectivity index (χ1n) is 7.09. The van der Waals surface area contributed by atoms with Crippen LogP contribution in [0.2, 0.25) is 0 Å². The Labute approximate surface area is 122 Å². The molecule has 0 radical (unpaired) electrons. The van der Waals surface area contributed by atoms with Gasteiger partial charge in [0.05, 0.1) is 0 Å². The van der Waals surface area contributed by atoms with E-state index in [-0.39, 0.29) is 0 Å². The predicted molar refractivity (Wildman–Crippen MR) is 87.1 cm³/mol. The first kappa shape index (κ1) is 14.6. The van der Waals surface area contributed by atoms with Crippen molar-refractivity contribution >= 4 is 5.69 Å². The van der Waals surface area contributed by atoms with Crippen molar-refractivity contribution in [2.75, 3.05) is 19.4 Å². The van der Waals surface area contributed by atoms with Crippen molar-refractivity contribution in [3.8, 4) is 0 Å². The third-order valence-corrected chi connectivity index (χ3v) is 3.56. The van der Waals surface area contributed by atoms with Crippen LogP contribution in [0.4, 0.5) is 5.69 Å². The summed E-state index contributed by atoms with van der Waals surface area (Å²) in [6.45, 7) is 6.14. The molecular weight excluding hydrogens is 244 g/mol. The van der Waals surface area contributed by atoms with Gasteiger partial charge in [-0.3, -0.25) is 0 Å². The van der Waals surface area contributed by atoms with E-state index >= 15 is 0 Å². The van der Waals surface area contributed by atoms with E-state index in [4.69, 9.17) is 0 Å². The lowest BCUT2D eigenvalue weighted by Crippen LogP contribution is -2.12. The second-order valence-corrected chi connectivity index (χ2v) is 5.67. The third kappa shape index (κ3) is 3.84. The monoisotopic (exact) mass is 268 g/mol. The highest BCUT2D eigenvalue weighted by molar-refractivity contribution is 5.51. The number of rotatable bonds is 5. The molecule has 0 aliphatic carbocycles. The van der Waals surface area contributed by atoms with Crippen LogP contribution in [0.1, 0.15) is 22.3 Å². The molecule has 2 aromatic rings. The second kappa shape index (κ2) is 6.58. The van der Waals surface area contributed by atoms with E-state index in [1.54, 1.807) is 0 Å². The van der Waals surface area contributed by atoms with E-state index < -0.39 is 0 Å². The van der Waals surface area contributed by atoms with Crippen LogP contribution >= 0.6 is 0 Å². The van der Waals surface area contributed by atoms with Gasteiger partial charge in [0.1, 0.15) is 0 Å². The average molecular weight is 268 g/mol. The van der Waals surface area contributed by atoms with Crippen LogP contribution in [-0.2, 0) is 13.1 Å². The number of benzene rings is 2. The van der Waals surface area contributed by atoms with Crippen LogP contribution in [0.5, 0.6) is 0 Å². The Morgan fingerprint density at radius 3 is 2.40 bits per heavy atom. The first-order valence-corrected chi connectivity index (χ1v) is 7.09. The van der Waals surface area contributed by atoms with Crippen LogP contribution in [0.25, 0.3) is 0 Å². The molecule has 0 fully saturated rings. The van der Waals surface area contributed by atoms with Crippen molar-refractivity contribution in [1.29, 1.82) is 0 Å². The highest BCUT2D eigenvalue weighted by Gasteiger charge is 2.03. The summed E-state index contributed by atoms with van der Waals surface area (Å²) in [7, 11) is 4.19. The van der Waals surface area contributed by atoms with Crippen LogP contribution in [0.15, 0.2) is 42.5 Å². The Morgan fingerprint density at radius 2 is 1.70 bits per heavy atom. The highest BCUT2D eigenvalue weighted by atomic mass is 15.1. The Balaban J connectivity index is 2.08. The topological polar surface area (TPSA) is 15.3 Å². The molecule has 20 heavy (non-hydrogen) atoms. The van der Waals surface area contributed by atoms with Crippen molar-refractivity contribution in [2.24, 2.45) is 0 Å². The van der Waals surface area contributed by atoms with Gasteiger partial charge in [-0.25, -0.2) is 0 Å². The molecule has 0 heterocycles. The summed E-state index contributed by atoms with van der Waals surface area (Å²) in [6.07, 6.45) is 0. The molecule has 0 unspecified atom stereocenters. The van der Waals surface area contributed by atoms with Gasteiger partial charge in [-0.1, -0.05) is 36.4 Å². The molecule has 1 N–H and O–H groups in total. The summed E-state index contributed by atoms with van der Waals surface area (Å²) in [5.74, 6) is 0. The summed E-state index contributed by atoms with van der Waals surface area (Å²) in [6, 6.07) is 15.2. The summed E-state index contributed by atoms with van der Waals surface area (Å²) in [4.78, 5) is 2.19. The minimum atomic E-state index is 0.867. The molecule has 0 aliphatic heterocycles. The number of nitrogens with one attached hydrogen (secondary N) is 1. The van der Waals surface area contributed by atoms with Gasteiger partial charge in [-0.05, 0) is 56.3 Å². The molecule has 0 saturated heterocycles. The summed E-state index contributed by atoms with van der Waals surface area (Å²) in [5.41, 5.74) is 6.58. The summed E-state index contributed by atoms with van der Waals surface area (Å²) < 4.78 is 0. The molecule has 0 bridgehead atoms. The maximum Gasteiger partial charge on any atom is 0.0400 e. The first-order chi connectivity index (χ1) is 9.56. The molecule has 0 spiro atoms. The van der Waals surface area contributed by atoms with E-state index in [0.717, 1.165) is 13.1 Å². The number of nitrogens with zero attached hydrogens (tertiary/aromatic N) is 1. The van der Waals surface area contributed by atoms with Gasteiger partial charge in [0.25, 0.3) is 0 Å². The molecular formula is C18H24N2. The van der Waals surface area contributed by atoms with Crippen LogP contribution < -0.4 is 5.32 Å². The molecule has 0 amide bonds. The molecule has 0 aliphatic rings. The van der Waals surface area contributed by atoms with Crippen molar-refractivity contribution in [3.05, 3.63) is 64.7 Å². The van der Waals surface area contributed by atoms with E-state index in [1.165, 1.54) is 27.9 Å². The van der Waals surface area contributed by atoms with Gasteiger partial charge in [0, 0.05) is 18.8 Å². The lowest BCUT2D eigenvalue weighted by atomic mass is 10.1. The minimum Gasteiger partial charge on any atom is -0.381 e. The van der Waals surface area contributed by atoms with E-state index in [0.29, 0.717) is 0 Å². The molecule has 0 saturated carbocycles. The van der Waals surface area contributed by atoms with Crippen molar-refractivity contribution in [1.82, 2.24) is 4.90 Å². The van der Waals surface area contributed by atoms with Gasteiger partial charge < -0.3 is 10.2 Å². The lowest BCUT2D eigenvalue weighted by molar-refractivity contribution is 0.403. The number of hydrogen-bond donors (Lipinski definition) is 1. The Bertz CT molecular complexity index is 573. The Hall–Kier alpha value is -1.80. The van der Waals surface area contributed by atoms with Gasteiger partial charge in [0.15, 0.2) is 0 Å². The van der Waals surface area contributed by atoms with Crippen LogP contribution in [-0.4, -0.2) is 19.0 Å². The maximum atomic E-state index is 3.55. The molecule has 2 heteroatoms. The van der Waals surface area contributed by atoms with Crippen LogP contribution in [0.3, 0.4) is 0 Å². The zero-order valence-corrected chi connectivity index (χ0v) is 12.9. The van der Waals surface area contributed by atoms with E-state index in [2.05, 4.69) is 80.6 Å². The maximum absolute atomic E-state index is 3.55. The van der Waals surface area contributed by atoms with Gasteiger partial charge >= 0.3 is 0 Å². The van der Waals surface area contributed by atoms with Gasteiger partial charge in [-0.2, -0.15) is 0 Å². The average Bonchev–Trinajstić information content (AvgIpc) is 2.41. The van der Waals surface area contributed by atoms with E-state index in [9.17, 15) is 0 Å². The van der Waals surface area contributed by atoms with Crippen molar-refractivity contribution in [2.45, 2.75) is 26.9 Å². The van der Waals surface area contributed by atoms with Crippen molar-refractivity contribution in [3.63, 3.8) is 0 Å². The highest BCUT2D eigenvalue weighted by Crippen LogP contribution is 2.18. The largest absolute Gasteiger partial charge is 0.381 e.